The van der Waals surface area contributed by atoms with Crippen LogP contribution in [-0.2, 0) is 11.2 Å². The lowest BCUT2D eigenvalue weighted by atomic mass is 10.00. The summed E-state index contributed by atoms with van der Waals surface area (Å²) in [5.74, 6) is 1.12. The summed E-state index contributed by atoms with van der Waals surface area (Å²) in [5.41, 5.74) is 2.36. The zero-order valence-corrected chi connectivity index (χ0v) is 15.0. The highest BCUT2D eigenvalue weighted by Gasteiger charge is 2.26. The summed E-state index contributed by atoms with van der Waals surface area (Å²) < 4.78 is 5.41. The van der Waals surface area contributed by atoms with Gasteiger partial charge in [0.15, 0.2) is 0 Å². The minimum atomic E-state index is 0.217. The maximum atomic E-state index is 13.0. The summed E-state index contributed by atoms with van der Waals surface area (Å²) >= 11 is 0. The van der Waals surface area contributed by atoms with Gasteiger partial charge in [-0.1, -0.05) is 61.4 Å². The van der Waals surface area contributed by atoms with Gasteiger partial charge in [-0.15, -0.1) is 0 Å². The molecule has 2 aromatic carbocycles. The lowest BCUT2D eigenvalue weighted by molar-refractivity contribution is -0.133. The Morgan fingerprint density at radius 2 is 1.80 bits per heavy atom. The maximum absolute atomic E-state index is 13.0. The van der Waals surface area contributed by atoms with Crippen LogP contribution in [-0.4, -0.2) is 24.5 Å². The monoisotopic (exact) mass is 337 g/mol. The molecule has 0 spiro atoms. The number of benzene rings is 2. The predicted octanol–water partition coefficient (Wildman–Crippen LogP) is 4.77. The molecule has 1 atom stereocenters. The van der Waals surface area contributed by atoms with Crippen molar-refractivity contribution in [2.75, 3.05) is 13.7 Å². The zero-order chi connectivity index (χ0) is 17.5. The van der Waals surface area contributed by atoms with Crippen LogP contribution < -0.4 is 4.74 Å². The summed E-state index contributed by atoms with van der Waals surface area (Å²) in [6, 6.07) is 18.7. The first-order valence-electron chi connectivity index (χ1n) is 9.26. The van der Waals surface area contributed by atoms with Gasteiger partial charge in [-0.25, -0.2) is 0 Å². The van der Waals surface area contributed by atoms with Crippen molar-refractivity contribution in [2.45, 2.75) is 44.6 Å². The quantitative estimate of drug-likeness (QED) is 0.786. The van der Waals surface area contributed by atoms with Crippen LogP contribution in [0, 0.1) is 0 Å². The van der Waals surface area contributed by atoms with Crippen LogP contribution in [0.25, 0.3) is 0 Å². The highest BCUT2D eigenvalue weighted by molar-refractivity contribution is 5.77. The number of nitrogens with zero attached hydrogens (tertiary/aromatic N) is 1. The van der Waals surface area contributed by atoms with Gasteiger partial charge in [0.1, 0.15) is 5.75 Å². The van der Waals surface area contributed by atoms with E-state index in [9.17, 15) is 4.79 Å². The van der Waals surface area contributed by atoms with E-state index in [1.54, 1.807) is 7.11 Å². The summed E-state index contributed by atoms with van der Waals surface area (Å²) in [6.45, 7) is 0.865. The van der Waals surface area contributed by atoms with Gasteiger partial charge in [0.2, 0.25) is 5.91 Å². The minimum absolute atomic E-state index is 0.217. The number of methoxy groups -OCH3 is 1. The Hall–Kier alpha value is -2.29. The highest BCUT2D eigenvalue weighted by atomic mass is 16.5. The second kappa shape index (κ2) is 8.70. The van der Waals surface area contributed by atoms with Crippen LogP contribution in [0.3, 0.4) is 0 Å². The second-order valence-corrected chi connectivity index (χ2v) is 6.67. The Morgan fingerprint density at radius 3 is 2.60 bits per heavy atom. The van der Waals surface area contributed by atoms with E-state index in [4.69, 9.17) is 4.74 Å². The molecule has 2 aromatic rings. The molecule has 3 rings (SSSR count). The second-order valence-electron chi connectivity index (χ2n) is 6.67. The number of para-hydroxylation sites is 1. The number of hydrogen-bond acceptors (Lipinski definition) is 2. The van der Waals surface area contributed by atoms with Gasteiger partial charge >= 0.3 is 0 Å². The van der Waals surface area contributed by atoms with E-state index in [1.807, 2.05) is 30.3 Å². The van der Waals surface area contributed by atoms with E-state index in [1.165, 1.54) is 18.4 Å². The molecule has 0 bridgehead atoms. The molecule has 0 radical (unpaired) electrons. The summed E-state index contributed by atoms with van der Waals surface area (Å²) in [6.07, 6.45) is 5.81. The Morgan fingerprint density at radius 1 is 1.04 bits per heavy atom. The van der Waals surface area contributed by atoms with Crippen molar-refractivity contribution >= 4 is 5.91 Å². The zero-order valence-electron chi connectivity index (χ0n) is 15.0. The molecule has 1 aliphatic heterocycles. The van der Waals surface area contributed by atoms with Crippen LogP contribution in [0.4, 0.5) is 0 Å². The number of ether oxygens (including phenoxy) is 1. The molecule has 1 amide bonds. The molecule has 132 valence electrons. The topological polar surface area (TPSA) is 29.5 Å². The Kier molecular flexibility index (Phi) is 6.10. The largest absolute Gasteiger partial charge is 0.496 e. The van der Waals surface area contributed by atoms with E-state index in [-0.39, 0.29) is 11.9 Å². The number of likely N-dealkylation sites (tertiary alicyclic amines) is 1. The molecule has 1 fully saturated rings. The van der Waals surface area contributed by atoms with E-state index in [0.717, 1.165) is 37.1 Å². The SMILES string of the molecule is COc1ccccc1CCC(=O)N1CCCCCC1c1ccccc1. The van der Waals surface area contributed by atoms with Crippen molar-refractivity contribution in [3.05, 3.63) is 65.7 Å². The number of rotatable bonds is 5. The first-order valence-corrected chi connectivity index (χ1v) is 9.26. The molecular formula is C22H27NO2. The average Bonchev–Trinajstić information content (AvgIpc) is 2.93. The van der Waals surface area contributed by atoms with Gasteiger partial charge in [-0.2, -0.15) is 0 Å². The summed E-state index contributed by atoms with van der Waals surface area (Å²) in [7, 11) is 1.68. The van der Waals surface area contributed by atoms with Crippen LogP contribution in [0.5, 0.6) is 5.75 Å². The first-order chi connectivity index (χ1) is 12.3. The third-order valence-corrected chi connectivity index (χ3v) is 5.06. The number of hydrogen-bond donors (Lipinski definition) is 0. The number of carbonyl (C=O) groups excluding carboxylic acids is 1. The molecule has 0 aromatic heterocycles. The van der Waals surface area contributed by atoms with Crippen molar-refractivity contribution in [1.29, 1.82) is 0 Å². The van der Waals surface area contributed by atoms with Gasteiger partial charge < -0.3 is 9.64 Å². The number of carbonyl (C=O) groups is 1. The van der Waals surface area contributed by atoms with Crippen LogP contribution in [0.2, 0.25) is 0 Å². The summed E-state index contributed by atoms with van der Waals surface area (Å²) in [5, 5.41) is 0. The maximum Gasteiger partial charge on any atom is 0.223 e. The molecule has 0 saturated carbocycles. The third kappa shape index (κ3) is 4.41. The van der Waals surface area contributed by atoms with Gasteiger partial charge in [-0.3, -0.25) is 4.79 Å². The molecule has 1 saturated heterocycles. The fraction of sp³-hybridized carbons (Fsp3) is 0.409. The molecular weight excluding hydrogens is 310 g/mol. The Bertz CT molecular complexity index is 683. The average molecular weight is 337 g/mol. The van der Waals surface area contributed by atoms with E-state index >= 15 is 0 Å². The smallest absolute Gasteiger partial charge is 0.223 e. The highest BCUT2D eigenvalue weighted by Crippen LogP contribution is 2.31. The third-order valence-electron chi connectivity index (χ3n) is 5.06. The molecule has 3 nitrogen and oxygen atoms in total. The lowest BCUT2D eigenvalue weighted by Gasteiger charge is -2.30. The van der Waals surface area contributed by atoms with Crippen LogP contribution in [0.15, 0.2) is 54.6 Å². The van der Waals surface area contributed by atoms with Crippen molar-refractivity contribution in [3.63, 3.8) is 0 Å². The summed E-state index contributed by atoms with van der Waals surface area (Å²) in [4.78, 5) is 15.1. The van der Waals surface area contributed by atoms with E-state index in [2.05, 4.69) is 29.2 Å². The molecule has 3 heteroatoms. The Balaban J connectivity index is 1.71. The van der Waals surface area contributed by atoms with E-state index in [0.29, 0.717) is 6.42 Å². The van der Waals surface area contributed by atoms with Crippen molar-refractivity contribution in [3.8, 4) is 5.75 Å². The van der Waals surface area contributed by atoms with Crippen molar-refractivity contribution in [2.24, 2.45) is 0 Å². The van der Waals surface area contributed by atoms with Gasteiger partial charge in [0, 0.05) is 13.0 Å². The molecule has 0 N–H and O–H groups in total. The van der Waals surface area contributed by atoms with Gasteiger partial charge in [0.05, 0.1) is 13.2 Å². The molecule has 1 heterocycles. The first kappa shape index (κ1) is 17.5. The normalized spacial score (nSPS) is 17.8. The fourth-order valence-electron chi connectivity index (χ4n) is 3.72. The molecule has 0 aliphatic carbocycles. The van der Waals surface area contributed by atoms with Gasteiger partial charge in [0.25, 0.3) is 0 Å². The lowest BCUT2D eigenvalue weighted by Crippen LogP contribution is -2.35. The predicted molar refractivity (Wildman–Crippen MR) is 101 cm³/mol. The molecule has 25 heavy (non-hydrogen) atoms. The van der Waals surface area contributed by atoms with Gasteiger partial charge in [-0.05, 0) is 36.5 Å². The minimum Gasteiger partial charge on any atom is -0.496 e. The fourth-order valence-corrected chi connectivity index (χ4v) is 3.72. The van der Waals surface area contributed by atoms with Crippen molar-refractivity contribution < 1.29 is 9.53 Å². The van der Waals surface area contributed by atoms with Crippen LogP contribution in [0.1, 0.15) is 49.3 Å². The standard InChI is InChI=1S/C22H27NO2/c1-25-21-14-8-7-12-19(21)15-16-22(24)23-17-9-3-6-13-20(23)18-10-4-2-5-11-18/h2,4-5,7-8,10-12,14,20H,3,6,9,13,15-17H2,1H3. The number of amides is 1. The molecule has 1 unspecified atom stereocenters. The van der Waals surface area contributed by atoms with Crippen LogP contribution >= 0.6 is 0 Å². The van der Waals surface area contributed by atoms with Crippen molar-refractivity contribution in [1.82, 2.24) is 4.90 Å². The Labute approximate surface area is 150 Å². The molecule has 1 aliphatic rings. The number of aryl methyl sites for hydroxylation is 1. The van der Waals surface area contributed by atoms with E-state index < -0.39 is 0 Å².